The van der Waals surface area contributed by atoms with Gasteiger partial charge in [-0.15, -0.1) is 0 Å². The van der Waals surface area contributed by atoms with Gasteiger partial charge in [-0.1, -0.05) is 5.92 Å². The summed E-state index contributed by atoms with van der Waals surface area (Å²) >= 11 is 0. The van der Waals surface area contributed by atoms with Crippen molar-refractivity contribution in [2.45, 2.75) is 33.3 Å². The van der Waals surface area contributed by atoms with Gasteiger partial charge in [-0.3, -0.25) is 10.1 Å². The van der Waals surface area contributed by atoms with E-state index in [1.807, 2.05) is 0 Å². The van der Waals surface area contributed by atoms with Gasteiger partial charge in [0.2, 0.25) is 0 Å². The van der Waals surface area contributed by atoms with E-state index >= 15 is 0 Å². The Hall–Kier alpha value is -2.62. The summed E-state index contributed by atoms with van der Waals surface area (Å²) in [7, 11) is 0. The zero-order chi connectivity index (χ0) is 16.0. The van der Waals surface area contributed by atoms with Crippen molar-refractivity contribution in [2.75, 3.05) is 6.54 Å². The van der Waals surface area contributed by atoms with Crippen LogP contribution in [0.25, 0.3) is 0 Å². The first-order valence-electron chi connectivity index (χ1n) is 6.27. The van der Waals surface area contributed by atoms with Gasteiger partial charge in [-0.2, -0.15) is 0 Å². The molecule has 0 unspecified atom stereocenters. The van der Waals surface area contributed by atoms with Crippen molar-refractivity contribution in [3.63, 3.8) is 0 Å². The van der Waals surface area contributed by atoms with E-state index in [1.165, 1.54) is 12.1 Å². The van der Waals surface area contributed by atoms with Gasteiger partial charge < -0.3 is 10.1 Å². The number of nitrogens with zero attached hydrogens (tertiary/aromatic N) is 2. The van der Waals surface area contributed by atoms with E-state index in [-0.39, 0.29) is 12.2 Å². The number of pyridine rings is 1. The third-order valence-electron chi connectivity index (χ3n) is 2.19. The molecule has 1 heterocycles. The monoisotopic (exact) mass is 291 g/mol. The molecule has 0 bridgehead atoms. The predicted octanol–water partition coefficient (Wildman–Crippen LogP) is 2.17. The number of hydrogen-bond donors (Lipinski definition) is 1. The number of amides is 1. The van der Waals surface area contributed by atoms with Crippen molar-refractivity contribution >= 4 is 11.8 Å². The van der Waals surface area contributed by atoms with Gasteiger partial charge in [0.25, 0.3) is 5.69 Å². The van der Waals surface area contributed by atoms with Gasteiger partial charge in [0.1, 0.15) is 17.0 Å². The lowest BCUT2D eigenvalue weighted by Gasteiger charge is -2.18. The Balaban J connectivity index is 2.58. The summed E-state index contributed by atoms with van der Waals surface area (Å²) in [5, 5.41) is 13.1. The Morgan fingerprint density at radius 3 is 2.67 bits per heavy atom. The van der Waals surface area contributed by atoms with Gasteiger partial charge in [0.15, 0.2) is 0 Å². The highest BCUT2D eigenvalue weighted by Gasteiger charge is 2.15. The van der Waals surface area contributed by atoms with Crippen molar-refractivity contribution in [2.24, 2.45) is 0 Å². The molecule has 0 saturated carbocycles. The van der Waals surface area contributed by atoms with Gasteiger partial charge in [-0.25, -0.2) is 9.78 Å². The van der Waals surface area contributed by atoms with Crippen LogP contribution in [0.3, 0.4) is 0 Å². The number of rotatable bonds is 2. The van der Waals surface area contributed by atoms with Crippen LogP contribution < -0.4 is 5.32 Å². The van der Waals surface area contributed by atoms with Crippen LogP contribution in [0.5, 0.6) is 0 Å². The Bertz CT molecular complexity index is 609. The number of nitro groups is 1. The second-order valence-electron chi connectivity index (χ2n) is 5.22. The molecule has 0 saturated heterocycles. The lowest BCUT2D eigenvalue weighted by Crippen LogP contribution is -2.32. The summed E-state index contributed by atoms with van der Waals surface area (Å²) in [6.07, 6.45) is -0.551. The van der Waals surface area contributed by atoms with Crippen LogP contribution in [0.1, 0.15) is 32.2 Å². The number of carbonyl (C=O) groups excluding carboxylic acids is 1. The molecule has 0 aliphatic heterocycles. The first-order chi connectivity index (χ1) is 9.69. The fraction of sp³-hybridized carbons (Fsp3) is 0.429. The predicted molar refractivity (Wildman–Crippen MR) is 76.7 cm³/mol. The Morgan fingerprint density at radius 1 is 1.48 bits per heavy atom. The molecular formula is C14H17N3O4. The number of alkyl carbamates (subject to hydrolysis) is 1. The third kappa shape index (κ3) is 5.91. The summed E-state index contributed by atoms with van der Waals surface area (Å²) in [6.45, 7) is 6.94. The maximum Gasteiger partial charge on any atom is 0.408 e. The van der Waals surface area contributed by atoms with Gasteiger partial charge in [0, 0.05) is 6.07 Å². The highest BCUT2D eigenvalue weighted by molar-refractivity contribution is 5.68. The van der Waals surface area contributed by atoms with E-state index in [0.29, 0.717) is 11.4 Å². The molecule has 0 atom stereocenters. The maximum atomic E-state index is 11.4. The normalized spacial score (nSPS) is 10.3. The molecule has 0 radical (unpaired) electrons. The lowest BCUT2D eigenvalue weighted by atomic mass is 10.2. The molecule has 0 spiro atoms. The van der Waals surface area contributed by atoms with Crippen molar-refractivity contribution in [1.29, 1.82) is 0 Å². The lowest BCUT2D eigenvalue weighted by molar-refractivity contribution is -0.385. The highest BCUT2D eigenvalue weighted by Crippen LogP contribution is 2.14. The molecule has 112 valence electrons. The molecule has 21 heavy (non-hydrogen) atoms. The summed E-state index contributed by atoms with van der Waals surface area (Å²) in [6, 6.07) is 2.82. The molecule has 0 fully saturated rings. The van der Waals surface area contributed by atoms with Crippen LogP contribution >= 0.6 is 0 Å². The number of hydrogen-bond acceptors (Lipinski definition) is 5. The van der Waals surface area contributed by atoms with Gasteiger partial charge in [-0.05, 0) is 39.7 Å². The molecule has 1 aromatic rings. The van der Waals surface area contributed by atoms with Crippen molar-refractivity contribution in [1.82, 2.24) is 10.3 Å². The summed E-state index contributed by atoms with van der Waals surface area (Å²) in [4.78, 5) is 25.5. The second kappa shape index (κ2) is 6.70. The van der Waals surface area contributed by atoms with Gasteiger partial charge in [0.05, 0.1) is 11.5 Å². The average molecular weight is 291 g/mol. The van der Waals surface area contributed by atoms with Crippen molar-refractivity contribution < 1.29 is 14.5 Å². The van der Waals surface area contributed by atoms with E-state index in [0.717, 1.165) is 0 Å². The number of nitrogens with one attached hydrogen (secondary N) is 1. The van der Waals surface area contributed by atoms with E-state index in [9.17, 15) is 14.9 Å². The van der Waals surface area contributed by atoms with Crippen LogP contribution in [0.4, 0.5) is 10.5 Å². The molecule has 0 aliphatic carbocycles. The molecule has 1 rings (SSSR count). The van der Waals surface area contributed by atoms with Crippen molar-refractivity contribution in [3.8, 4) is 11.8 Å². The molecule has 7 nitrogen and oxygen atoms in total. The number of ether oxygens (including phenoxy) is 1. The van der Waals surface area contributed by atoms with Crippen LogP contribution in [0.2, 0.25) is 0 Å². The smallest absolute Gasteiger partial charge is 0.408 e. The Kier molecular flexibility index (Phi) is 5.24. The number of carbonyl (C=O) groups is 1. The molecule has 7 heteroatoms. The molecule has 1 amide bonds. The summed E-state index contributed by atoms with van der Waals surface area (Å²) < 4.78 is 5.04. The highest BCUT2D eigenvalue weighted by atomic mass is 16.6. The maximum absolute atomic E-state index is 11.4. The zero-order valence-corrected chi connectivity index (χ0v) is 12.4. The fourth-order valence-electron chi connectivity index (χ4n) is 1.38. The van der Waals surface area contributed by atoms with Crippen molar-refractivity contribution in [3.05, 3.63) is 33.6 Å². The zero-order valence-electron chi connectivity index (χ0n) is 12.4. The third-order valence-corrected chi connectivity index (χ3v) is 2.19. The summed E-state index contributed by atoms with van der Waals surface area (Å²) in [5.74, 6) is 5.42. The Labute approximate surface area is 122 Å². The van der Waals surface area contributed by atoms with E-state index in [4.69, 9.17) is 4.74 Å². The standard InChI is InChI=1S/C14H17N3O4/c1-10-12(17(19)20)8-7-11(16-10)6-5-9-15-13(18)21-14(2,3)4/h7-8H,9H2,1-4H3,(H,15,18). The van der Waals surface area contributed by atoms with Crippen LogP contribution in [0, 0.1) is 28.9 Å². The van der Waals surface area contributed by atoms with E-state index in [2.05, 4.69) is 22.1 Å². The Morgan fingerprint density at radius 2 is 2.14 bits per heavy atom. The minimum absolute atomic E-state index is 0.0487. The molecule has 1 aromatic heterocycles. The second-order valence-corrected chi connectivity index (χ2v) is 5.22. The van der Waals surface area contributed by atoms with Crippen LogP contribution in [-0.4, -0.2) is 28.1 Å². The molecule has 1 N–H and O–H groups in total. The first-order valence-corrected chi connectivity index (χ1v) is 6.27. The van der Waals surface area contributed by atoms with E-state index in [1.54, 1.807) is 27.7 Å². The minimum atomic E-state index is -0.561. The fourth-order valence-corrected chi connectivity index (χ4v) is 1.38. The van der Waals surface area contributed by atoms with Crippen LogP contribution in [-0.2, 0) is 4.74 Å². The molecule has 0 aromatic carbocycles. The summed E-state index contributed by atoms with van der Waals surface area (Å²) in [5.41, 5.74) is 0.0950. The molecule has 0 aliphatic rings. The minimum Gasteiger partial charge on any atom is -0.444 e. The SMILES string of the molecule is Cc1nc(C#CCNC(=O)OC(C)(C)C)ccc1[N+](=O)[O-]. The topological polar surface area (TPSA) is 94.4 Å². The van der Waals surface area contributed by atoms with Crippen LogP contribution in [0.15, 0.2) is 12.1 Å². The quantitative estimate of drug-likeness (QED) is 0.512. The number of aryl methyl sites for hydroxylation is 1. The van der Waals surface area contributed by atoms with E-state index < -0.39 is 16.6 Å². The number of aromatic nitrogens is 1. The largest absolute Gasteiger partial charge is 0.444 e. The first kappa shape index (κ1) is 16.4. The molecular weight excluding hydrogens is 274 g/mol. The average Bonchev–Trinajstić information content (AvgIpc) is 2.32. The van der Waals surface area contributed by atoms with Gasteiger partial charge >= 0.3 is 6.09 Å².